The highest BCUT2D eigenvalue weighted by atomic mass is 79.9. The molecule has 0 bridgehead atoms. The number of nitrogens with zero attached hydrogens (tertiary/aromatic N) is 1. The van der Waals surface area contributed by atoms with Crippen molar-refractivity contribution in [2.24, 2.45) is 0 Å². The lowest BCUT2D eigenvalue weighted by atomic mass is 9.96. The van der Waals surface area contributed by atoms with Crippen molar-refractivity contribution in [2.45, 2.75) is 12.3 Å². The van der Waals surface area contributed by atoms with Gasteiger partial charge in [0.25, 0.3) is 0 Å². The van der Waals surface area contributed by atoms with Gasteiger partial charge in [-0.2, -0.15) is 0 Å². The van der Waals surface area contributed by atoms with Crippen LogP contribution in [0, 0.1) is 0 Å². The SMILES string of the molecule is O=C(O)C(Cc1ccc(Br)cc1)c1ncccc1Br. The van der Waals surface area contributed by atoms with E-state index in [4.69, 9.17) is 0 Å². The standard InChI is InChI=1S/C14H11Br2NO2/c15-10-5-3-9(4-6-10)8-11(14(18)19)13-12(16)2-1-7-17-13/h1-7,11H,8H2,(H,18,19). The van der Waals surface area contributed by atoms with Crippen LogP contribution in [0.2, 0.25) is 0 Å². The third-order valence-electron chi connectivity index (χ3n) is 2.77. The van der Waals surface area contributed by atoms with Crippen LogP contribution in [0.5, 0.6) is 0 Å². The van der Waals surface area contributed by atoms with E-state index in [0.717, 1.165) is 14.5 Å². The molecule has 0 radical (unpaired) electrons. The summed E-state index contributed by atoms with van der Waals surface area (Å²) in [7, 11) is 0. The molecule has 1 heterocycles. The van der Waals surface area contributed by atoms with Crippen LogP contribution in [-0.2, 0) is 11.2 Å². The number of pyridine rings is 1. The van der Waals surface area contributed by atoms with E-state index in [1.807, 2.05) is 24.3 Å². The van der Waals surface area contributed by atoms with Gasteiger partial charge < -0.3 is 5.11 Å². The summed E-state index contributed by atoms with van der Waals surface area (Å²) in [5.74, 6) is -1.53. The third kappa shape index (κ3) is 3.64. The van der Waals surface area contributed by atoms with E-state index in [-0.39, 0.29) is 0 Å². The first-order chi connectivity index (χ1) is 9.08. The van der Waals surface area contributed by atoms with Crippen molar-refractivity contribution >= 4 is 37.8 Å². The number of rotatable bonds is 4. The fourth-order valence-corrected chi connectivity index (χ4v) is 2.61. The Kier molecular flexibility index (Phi) is 4.71. The molecule has 1 aromatic heterocycles. The molecule has 0 saturated heterocycles. The molecule has 2 rings (SSSR count). The number of hydrogen-bond acceptors (Lipinski definition) is 2. The smallest absolute Gasteiger partial charge is 0.312 e. The molecule has 0 aliphatic heterocycles. The van der Waals surface area contributed by atoms with Crippen molar-refractivity contribution in [3.63, 3.8) is 0 Å². The summed E-state index contributed by atoms with van der Waals surface area (Å²) in [6.45, 7) is 0. The molecule has 0 amide bonds. The first-order valence-electron chi connectivity index (χ1n) is 5.65. The van der Waals surface area contributed by atoms with E-state index in [1.165, 1.54) is 0 Å². The zero-order chi connectivity index (χ0) is 13.8. The van der Waals surface area contributed by atoms with Crippen molar-refractivity contribution in [3.05, 3.63) is 62.8 Å². The molecule has 1 aromatic carbocycles. The molecule has 19 heavy (non-hydrogen) atoms. The Balaban J connectivity index is 2.29. The molecule has 3 nitrogen and oxygen atoms in total. The van der Waals surface area contributed by atoms with E-state index in [0.29, 0.717) is 12.1 Å². The predicted octanol–water partition coefficient (Wildman–Crippen LogP) is 4.02. The van der Waals surface area contributed by atoms with E-state index in [2.05, 4.69) is 36.8 Å². The first kappa shape index (κ1) is 14.2. The Bertz CT molecular complexity index is 584. The molecule has 0 aliphatic carbocycles. The molecule has 1 unspecified atom stereocenters. The Labute approximate surface area is 127 Å². The second-order valence-corrected chi connectivity index (χ2v) is 5.86. The summed E-state index contributed by atoms with van der Waals surface area (Å²) in [5.41, 5.74) is 1.52. The molecular weight excluding hydrogens is 374 g/mol. The lowest BCUT2D eigenvalue weighted by Crippen LogP contribution is -2.16. The van der Waals surface area contributed by atoms with Gasteiger partial charge >= 0.3 is 5.97 Å². The minimum atomic E-state index is -0.873. The molecule has 0 aliphatic rings. The normalized spacial score (nSPS) is 12.1. The van der Waals surface area contributed by atoms with Crippen molar-refractivity contribution < 1.29 is 9.90 Å². The van der Waals surface area contributed by atoms with Gasteiger partial charge in [-0.3, -0.25) is 9.78 Å². The van der Waals surface area contributed by atoms with Gasteiger partial charge in [0, 0.05) is 15.1 Å². The summed E-state index contributed by atoms with van der Waals surface area (Å²) in [5, 5.41) is 9.40. The maximum Gasteiger partial charge on any atom is 0.312 e. The topological polar surface area (TPSA) is 50.2 Å². The third-order valence-corrected chi connectivity index (χ3v) is 3.97. The van der Waals surface area contributed by atoms with Gasteiger partial charge in [0.05, 0.1) is 5.69 Å². The number of halogens is 2. The molecule has 1 N–H and O–H groups in total. The highest BCUT2D eigenvalue weighted by molar-refractivity contribution is 9.10. The minimum Gasteiger partial charge on any atom is -0.481 e. The quantitative estimate of drug-likeness (QED) is 0.866. The van der Waals surface area contributed by atoms with Gasteiger partial charge in [-0.15, -0.1) is 0 Å². The van der Waals surface area contributed by atoms with Crippen LogP contribution in [0.25, 0.3) is 0 Å². The van der Waals surface area contributed by atoms with Crippen LogP contribution in [0.15, 0.2) is 51.5 Å². The number of carboxylic acids is 1. The molecule has 2 aromatic rings. The molecule has 5 heteroatoms. The fourth-order valence-electron chi connectivity index (χ4n) is 1.81. The van der Waals surface area contributed by atoms with Gasteiger partial charge in [-0.1, -0.05) is 28.1 Å². The fraction of sp³-hybridized carbons (Fsp3) is 0.143. The molecular formula is C14H11Br2NO2. The lowest BCUT2D eigenvalue weighted by molar-refractivity contribution is -0.138. The van der Waals surface area contributed by atoms with E-state index < -0.39 is 11.9 Å². The van der Waals surface area contributed by atoms with Gasteiger partial charge in [0.1, 0.15) is 5.92 Å². The molecule has 1 atom stereocenters. The van der Waals surface area contributed by atoms with Crippen LogP contribution in [0.4, 0.5) is 0 Å². The highest BCUT2D eigenvalue weighted by Gasteiger charge is 2.23. The highest BCUT2D eigenvalue weighted by Crippen LogP contribution is 2.26. The Morgan fingerprint density at radius 2 is 1.89 bits per heavy atom. The summed E-state index contributed by atoms with van der Waals surface area (Å²) in [4.78, 5) is 15.6. The summed E-state index contributed by atoms with van der Waals surface area (Å²) < 4.78 is 1.70. The summed E-state index contributed by atoms with van der Waals surface area (Å²) in [6.07, 6.45) is 2.02. The van der Waals surface area contributed by atoms with Crippen molar-refractivity contribution in [3.8, 4) is 0 Å². The van der Waals surface area contributed by atoms with Crippen LogP contribution >= 0.6 is 31.9 Å². The van der Waals surface area contributed by atoms with Gasteiger partial charge in [-0.05, 0) is 52.2 Å². The number of aromatic nitrogens is 1. The van der Waals surface area contributed by atoms with Crippen LogP contribution in [0.3, 0.4) is 0 Å². The Hall–Kier alpha value is -1.20. The Morgan fingerprint density at radius 1 is 1.21 bits per heavy atom. The maximum absolute atomic E-state index is 11.5. The first-order valence-corrected chi connectivity index (χ1v) is 7.24. The van der Waals surface area contributed by atoms with Crippen molar-refractivity contribution in [2.75, 3.05) is 0 Å². The summed E-state index contributed by atoms with van der Waals surface area (Å²) in [6, 6.07) is 11.2. The zero-order valence-corrected chi connectivity index (χ0v) is 13.1. The van der Waals surface area contributed by atoms with Crippen LogP contribution in [0.1, 0.15) is 17.2 Å². The summed E-state index contributed by atoms with van der Waals surface area (Å²) >= 11 is 6.72. The van der Waals surface area contributed by atoms with E-state index in [1.54, 1.807) is 18.3 Å². The zero-order valence-electron chi connectivity index (χ0n) is 9.88. The van der Waals surface area contributed by atoms with Gasteiger partial charge in [0.15, 0.2) is 0 Å². The second-order valence-electron chi connectivity index (χ2n) is 4.09. The minimum absolute atomic E-state index is 0.415. The van der Waals surface area contributed by atoms with Gasteiger partial charge in [0.2, 0.25) is 0 Å². The van der Waals surface area contributed by atoms with Gasteiger partial charge in [-0.25, -0.2) is 0 Å². The molecule has 98 valence electrons. The monoisotopic (exact) mass is 383 g/mol. The Morgan fingerprint density at radius 3 is 2.47 bits per heavy atom. The van der Waals surface area contributed by atoms with Crippen molar-refractivity contribution in [1.82, 2.24) is 4.98 Å². The largest absolute Gasteiger partial charge is 0.481 e. The number of aliphatic carboxylic acids is 1. The predicted molar refractivity (Wildman–Crippen MR) is 80.2 cm³/mol. The number of carbonyl (C=O) groups is 1. The second kappa shape index (κ2) is 6.30. The average molecular weight is 385 g/mol. The average Bonchev–Trinajstić information content (AvgIpc) is 2.39. The lowest BCUT2D eigenvalue weighted by Gasteiger charge is -2.13. The number of hydrogen-bond donors (Lipinski definition) is 1. The molecule has 0 spiro atoms. The maximum atomic E-state index is 11.5. The van der Waals surface area contributed by atoms with E-state index >= 15 is 0 Å². The molecule has 0 saturated carbocycles. The number of benzene rings is 1. The van der Waals surface area contributed by atoms with Crippen LogP contribution < -0.4 is 0 Å². The van der Waals surface area contributed by atoms with Crippen molar-refractivity contribution in [1.29, 1.82) is 0 Å². The van der Waals surface area contributed by atoms with Crippen LogP contribution in [-0.4, -0.2) is 16.1 Å². The number of carboxylic acid groups (broad SMARTS) is 1. The molecule has 0 fully saturated rings. The van der Waals surface area contributed by atoms with E-state index in [9.17, 15) is 9.90 Å².